The monoisotopic (exact) mass is 288 g/mol. The number of para-hydroxylation sites is 2. The smallest absolute Gasteiger partial charge is 0.244 e. The molecule has 1 fully saturated rings. The van der Waals surface area contributed by atoms with Gasteiger partial charge in [-0.2, -0.15) is 0 Å². The van der Waals surface area contributed by atoms with Gasteiger partial charge in [0.05, 0.1) is 5.69 Å². The molecule has 0 saturated carbocycles. The summed E-state index contributed by atoms with van der Waals surface area (Å²) < 4.78 is 1.41. The largest absolute Gasteiger partial charge is 0.506 e. The zero-order chi connectivity index (χ0) is 14.7. The van der Waals surface area contributed by atoms with Crippen molar-refractivity contribution in [1.29, 1.82) is 0 Å². The zero-order valence-electron chi connectivity index (χ0n) is 11.5. The third-order valence-corrected chi connectivity index (χ3v) is 3.54. The van der Waals surface area contributed by atoms with Gasteiger partial charge in [-0.05, 0) is 22.6 Å². The van der Waals surface area contributed by atoms with Gasteiger partial charge in [0.2, 0.25) is 5.91 Å². The molecule has 0 unspecified atom stereocenters. The number of piperazine rings is 1. The van der Waals surface area contributed by atoms with Crippen molar-refractivity contribution >= 4 is 11.6 Å². The highest BCUT2D eigenvalue weighted by Crippen LogP contribution is 2.27. The molecule has 1 aliphatic heterocycles. The molecule has 1 saturated heterocycles. The number of rotatable bonds is 3. The van der Waals surface area contributed by atoms with Crippen molar-refractivity contribution in [2.75, 3.05) is 31.1 Å². The maximum absolute atomic E-state index is 12.1. The number of aromatic nitrogens is 4. The van der Waals surface area contributed by atoms with E-state index in [2.05, 4.69) is 20.4 Å². The molecular weight excluding hydrogens is 272 g/mol. The van der Waals surface area contributed by atoms with Gasteiger partial charge >= 0.3 is 0 Å². The summed E-state index contributed by atoms with van der Waals surface area (Å²) in [5.74, 6) is 0.269. The van der Waals surface area contributed by atoms with Crippen LogP contribution >= 0.6 is 0 Å². The van der Waals surface area contributed by atoms with Crippen LogP contribution in [0.25, 0.3) is 0 Å². The maximum Gasteiger partial charge on any atom is 0.244 e. The Balaban J connectivity index is 1.58. The van der Waals surface area contributed by atoms with Crippen molar-refractivity contribution in [3.8, 4) is 5.75 Å². The second-order valence-electron chi connectivity index (χ2n) is 4.86. The number of nitrogens with zero attached hydrogens (tertiary/aromatic N) is 6. The maximum atomic E-state index is 12.1. The van der Waals surface area contributed by atoms with Crippen molar-refractivity contribution in [1.82, 2.24) is 25.1 Å². The number of phenolic OH excluding ortho intramolecular Hbond substituents is 1. The second kappa shape index (κ2) is 5.78. The number of benzene rings is 1. The first-order chi connectivity index (χ1) is 10.2. The Bertz CT molecular complexity index is 607. The van der Waals surface area contributed by atoms with E-state index in [-0.39, 0.29) is 18.2 Å². The Kier molecular flexibility index (Phi) is 3.67. The molecule has 1 aromatic heterocycles. The van der Waals surface area contributed by atoms with Gasteiger partial charge in [0.25, 0.3) is 0 Å². The SMILES string of the molecule is O=C(Cn1cnnn1)N1CCN(c2ccccc2O)CC1. The van der Waals surface area contributed by atoms with E-state index in [0.29, 0.717) is 26.2 Å². The Hall–Kier alpha value is -2.64. The first-order valence-electron chi connectivity index (χ1n) is 6.75. The quantitative estimate of drug-likeness (QED) is 0.836. The number of aromatic hydroxyl groups is 1. The van der Waals surface area contributed by atoms with E-state index in [9.17, 15) is 9.90 Å². The summed E-state index contributed by atoms with van der Waals surface area (Å²) in [7, 11) is 0. The lowest BCUT2D eigenvalue weighted by Gasteiger charge is -2.36. The Morgan fingerprint density at radius 1 is 1.19 bits per heavy atom. The molecule has 1 N–H and O–H groups in total. The molecule has 21 heavy (non-hydrogen) atoms. The standard InChI is InChI=1S/C13H16N6O2/c20-12-4-2-1-3-11(12)17-5-7-18(8-6-17)13(21)9-19-10-14-15-16-19/h1-4,10,20H,5-9H2. The zero-order valence-corrected chi connectivity index (χ0v) is 11.5. The number of carbonyl (C=O) groups is 1. The van der Waals surface area contributed by atoms with Gasteiger partial charge in [-0.1, -0.05) is 12.1 Å². The van der Waals surface area contributed by atoms with Gasteiger partial charge in [-0.3, -0.25) is 4.79 Å². The molecule has 8 heteroatoms. The van der Waals surface area contributed by atoms with Crippen LogP contribution in [0.1, 0.15) is 0 Å². The summed E-state index contributed by atoms with van der Waals surface area (Å²) in [6.45, 7) is 2.78. The first kappa shape index (κ1) is 13.3. The molecule has 8 nitrogen and oxygen atoms in total. The minimum Gasteiger partial charge on any atom is -0.506 e. The summed E-state index contributed by atoms with van der Waals surface area (Å²) in [6.07, 6.45) is 1.43. The fourth-order valence-electron chi connectivity index (χ4n) is 2.42. The van der Waals surface area contributed by atoms with Crippen LogP contribution in [-0.2, 0) is 11.3 Å². The summed E-state index contributed by atoms with van der Waals surface area (Å²) in [5, 5.41) is 20.6. The van der Waals surface area contributed by atoms with E-state index in [0.717, 1.165) is 5.69 Å². The third-order valence-electron chi connectivity index (χ3n) is 3.54. The van der Waals surface area contributed by atoms with Crippen molar-refractivity contribution in [2.45, 2.75) is 6.54 Å². The number of carbonyl (C=O) groups excluding carboxylic acids is 1. The van der Waals surface area contributed by atoms with Crippen LogP contribution in [0.4, 0.5) is 5.69 Å². The lowest BCUT2D eigenvalue weighted by Crippen LogP contribution is -2.49. The summed E-state index contributed by atoms with van der Waals surface area (Å²) in [4.78, 5) is 16.0. The molecule has 2 heterocycles. The molecule has 0 bridgehead atoms. The van der Waals surface area contributed by atoms with Crippen LogP contribution in [0.15, 0.2) is 30.6 Å². The molecule has 0 aliphatic carbocycles. The van der Waals surface area contributed by atoms with Crippen molar-refractivity contribution in [3.05, 3.63) is 30.6 Å². The molecule has 110 valence electrons. The van der Waals surface area contributed by atoms with E-state index < -0.39 is 0 Å². The minimum atomic E-state index is -0.000710. The minimum absolute atomic E-state index is 0.000710. The van der Waals surface area contributed by atoms with Gasteiger partial charge in [0.1, 0.15) is 18.6 Å². The summed E-state index contributed by atoms with van der Waals surface area (Å²) in [5.41, 5.74) is 0.810. The molecule has 1 aromatic carbocycles. The average molecular weight is 288 g/mol. The summed E-state index contributed by atoms with van der Waals surface area (Å²) in [6, 6.07) is 7.24. The van der Waals surface area contributed by atoms with E-state index in [1.807, 2.05) is 12.1 Å². The van der Waals surface area contributed by atoms with Crippen LogP contribution in [0, 0.1) is 0 Å². The van der Waals surface area contributed by atoms with E-state index in [1.165, 1.54) is 11.0 Å². The van der Waals surface area contributed by atoms with E-state index in [4.69, 9.17) is 0 Å². The lowest BCUT2D eigenvalue weighted by atomic mass is 10.2. The molecule has 1 aliphatic rings. The molecular formula is C13H16N6O2. The average Bonchev–Trinajstić information content (AvgIpc) is 3.01. The topological polar surface area (TPSA) is 87.4 Å². The fraction of sp³-hybridized carbons (Fsp3) is 0.385. The van der Waals surface area contributed by atoms with Crippen LogP contribution in [0.5, 0.6) is 5.75 Å². The number of amides is 1. The molecule has 1 amide bonds. The molecule has 0 radical (unpaired) electrons. The highest BCUT2D eigenvalue weighted by Gasteiger charge is 2.22. The van der Waals surface area contributed by atoms with Crippen molar-refractivity contribution in [3.63, 3.8) is 0 Å². The molecule has 2 aromatic rings. The fourth-order valence-corrected chi connectivity index (χ4v) is 2.42. The number of tetrazole rings is 1. The molecule has 0 spiro atoms. The van der Waals surface area contributed by atoms with Crippen LogP contribution < -0.4 is 4.90 Å². The number of hydrogen-bond acceptors (Lipinski definition) is 6. The normalized spacial score (nSPS) is 15.2. The van der Waals surface area contributed by atoms with Gasteiger partial charge in [-0.25, -0.2) is 4.68 Å². The number of anilines is 1. The van der Waals surface area contributed by atoms with Crippen LogP contribution in [-0.4, -0.2) is 62.3 Å². The van der Waals surface area contributed by atoms with Crippen LogP contribution in [0.3, 0.4) is 0 Å². The second-order valence-corrected chi connectivity index (χ2v) is 4.86. The van der Waals surface area contributed by atoms with Gasteiger partial charge in [0.15, 0.2) is 0 Å². The summed E-state index contributed by atoms with van der Waals surface area (Å²) >= 11 is 0. The Labute approximate surface area is 121 Å². The lowest BCUT2D eigenvalue weighted by molar-refractivity contribution is -0.132. The van der Waals surface area contributed by atoms with E-state index >= 15 is 0 Å². The predicted molar refractivity (Wildman–Crippen MR) is 74.7 cm³/mol. The Morgan fingerprint density at radius 3 is 2.62 bits per heavy atom. The third kappa shape index (κ3) is 2.93. The van der Waals surface area contributed by atoms with E-state index in [1.54, 1.807) is 17.0 Å². The first-order valence-corrected chi connectivity index (χ1v) is 6.75. The predicted octanol–water partition coefficient (Wildman–Crippen LogP) is -0.273. The molecule has 3 rings (SSSR count). The highest BCUT2D eigenvalue weighted by molar-refractivity contribution is 5.76. The van der Waals surface area contributed by atoms with Crippen LogP contribution in [0.2, 0.25) is 0 Å². The van der Waals surface area contributed by atoms with Crippen molar-refractivity contribution in [2.24, 2.45) is 0 Å². The number of hydrogen-bond donors (Lipinski definition) is 1. The highest BCUT2D eigenvalue weighted by atomic mass is 16.3. The van der Waals surface area contributed by atoms with Gasteiger partial charge < -0.3 is 14.9 Å². The molecule has 0 atom stereocenters. The van der Waals surface area contributed by atoms with Gasteiger partial charge in [0, 0.05) is 26.2 Å². The Morgan fingerprint density at radius 2 is 1.95 bits per heavy atom. The van der Waals surface area contributed by atoms with Gasteiger partial charge in [-0.15, -0.1) is 5.10 Å². The number of phenols is 1. The van der Waals surface area contributed by atoms with Crippen molar-refractivity contribution < 1.29 is 9.90 Å².